The fourth-order valence-electron chi connectivity index (χ4n) is 2.14. The molecular weight excluding hydrogens is 302 g/mol. The van der Waals surface area contributed by atoms with Gasteiger partial charge in [0.15, 0.2) is 0 Å². The molecule has 1 fully saturated rings. The number of nitrogens with zero attached hydrogens (tertiary/aromatic N) is 2. The van der Waals surface area contributed by atoms with E-state index in [4.69, 9.17) is 4.74 Å². The molecule has 0 aliphatic heterocycles. The molecule has 1 N–H and O–H groups in total. The average Bonchev–Trinajstić information content (AvgIpc) is 3.33. The van der Waals surface area contributed by atoms with E-state index in [0.717, 1.165) is 24.1 Å². The standard InChI is InChI=1S/C15H17N3O3S/c1-21-10-11-2-6-13(7-3-11)22(19,20)18-15-16-9-8-14(17-15)12-4-5-12/h2-3,6-9,12H,4-5,10H2,1H3,(H,16,17,18). The van der Waals surface area contributed by atoms with Gasteiger partial charge in [0.2, 0.25) is 5.95 Å². The summed E-state index contributed by atoms with van der Waals surface area (Å²) in [6.45, 7) is 0.445. The lowest BCUT2D eigenvalue weighted by Crippen LogP contribution is -2.15. The van der Waals surface area contributed by atoms with Gasteiger partial charge < -0.3 is 4.74 Å². The minimum absolute atomic E-state index is 0.116. The minimum Gasteiger partial charge on any atom is -0.380 e. The highest BCUT2D eigenvalue weighted by Crippen LogP contribution is 2.38. The van der Waals surface area contributed by atoms with Gasteiger partial charge in [-0.25, -0.2) is 23.1 Å². The van der Waals surface area contributed by atoms with Crippen LogP contribution in [0.15, 0.2) is 41.4 Å². The number of anilines is 1. The number of aromatic nitrogens is 2. The molecule has 0 saturated heterocycles. The summed E-state index contributed by atoms with van der Waals surface area (Å²) in [5.41, 5.74) is 1.80. The molecular formula is C15H17N3O3S. The molecule has 1 aromatic heterocycles. The van der Waals surface area contributed by atoms with E-state index in [1.165, 1.54) is 0 Å². The van der Waals surface area contributed by atoms with E-state index in [1.54, 1.807) is 37.6 Å². The summed E-state index contributed by atoms with van der Waals surface area (Å²) in [4.78, 5) is 8.43. The third-order valence-corrected chi connectivity index (χ3v) is 4.79. The van der Waals surface area contributed by atoms with Crippen LogP contribution in [0.3, 0.4) is 0 Å². The summed E-state index contributed by atoms with van der Waals surface area (Å²) in [5, 5.41) is 0. The highest BCUT2D eigenvalue weighted by atomic mass is 32.2. The quantitative estimate of drug-likeness (QED) is 0.883. The zero-order chi connectivity index (χ0) is 15.6. The van der Waals surface area contributed by atoms with E-state index in [-0.39, 0.29) is 10.8 Å². The Morgan fingerprint density at radius 1 is 1.23 bits per heavy atom. The molecule has 0 unspecified atom stereocenters. The molecule has 2 aromatic rings. The molecule has 1 aromatic carbocycles. The lowest BCUT2D eigenvalue weighted by atomic mass is 10.2. The van der Waals surface area contributed by atoms with Gasteiger partial charge in [-0.2, -0.15) is 0 Å². The van der Waals surface area contributed by atoms with Crippen molar-refractivity contribution in [3.05, 3.63) is 47.8 Å². The van der Waals surface area contributed by atoms with Crippen LogP contribution in [-0.4, -0.2) is 25.5 Å². The predicted molar refractivity (Wildman–Crippen MR) is 82.0 cm³/mol. The smallest absolute Gasteiger partial charge is 0.264 e. The number of methoxy groups -OCH3 is 1. The van der Waals surface area contributed by atoms with E-state index in [1.807, 2.05) is 6.07 Å². The highest BCUT2D eigenvalue weighted by Gasteiger charge is 2.25. The van der Waals surface area contributed by atoms with Gasteiger partial charge in [-0.15, -0.1) is 0 Å². The van der Waals surface area contributed by atoms with Gasteiger partial charge in [-0.05, 0) is 36.6 Å². The number of hydrogen-bond acceptors (Lipinski definition) is 5. The van der Waals surface area contributed by atoms with Crippen molar-refractivity contribution in [2.45, 2.75) is 30.3 Å². The summed E-state index contributed by atoms with van der Waals surface area (Å²) in [5.74, 6) is 0.560. The number of hydrogen-bond donors (Lipinski definition) is 1. The summed E-state index contributed by atoms with van der Waals surface area (Å²) < 4.78 is 32.1. The Morgan fingerprint density at radius 3 is 2.59 bits per heavy atom. The number of benzene rings is 1. The molecule has 1 aliphatic rings. The summed E-state index contributed by atoms with van der Waals surface area (Å²) >= 11 is 0. The monoisotopic (exact) mass is 319 g/mol. The molecule has 3 rings (SSSR count). The lowest BCUT2D eigenvalue weighted by Gasteiger charge is -2.08. The molecule has 7 heteroatoms. The summed E-state index contributed by atoms with van der Waals surface area (Å²) in [6.07, 6.45) is 3.79. The van der Waals surface area contributed by atoms with Crippen molar-refractivity contribution in [2.24, 2.45) is 0 Å². The molecule has 1 aliphatic carbocycles. The van der Waals surface area contributed by atoms with Gasteiger partial charge in [0.25, 0.3) is 10.0 Å². The second-order valence-electron chi connectivity index (χ2n) is 5.26. The van der Waals surface area contributed by atoms with Crippen LogP contribution in [-0.2, 0) is 21.4 Å². The summed E-state index contributed by atoms with van der Waals surface area (Å²) in [6, 6.07) is 8.36. The molecule has 1 heterocycles. The van der Waals surface area contributed by atoms with Crippen molar-refractivity contribution in [2.75, 3.05) is 11.8 Å². The first-order valence-corrected chi connectivity index (χ1v) is 8.50. The van der Waals surface area contributed by atoms with Crippen molar-refractivity contribution in [1.82, 2.24) is 9.97 Å². The van der Waals surface area contributed by atoms with Gasteiger partial charge in [-0.3, -0.25) is 0 Å². The van der Waals surface area contributed by atoms with Crippen LogP contribution in [0.1, 0.15) is 30.0 Å². The van der Waals surface area contributed by atoms with Crippen molar-refractivity contribution in [3.8, 4) is 0 Å². The van der Waals surface area contributed by atoms with E-state index in [2.05, 4.69) is 14.7 Å². The predicted octanol–water partition coefficient (Wildman–Crippen LogP) is 2.30. The second kappa shape index (κ2) is 6.02. The Labute approximate surface area is 129 Å². The minimum atomic E-state index is -3.68. The molecule has 0 atom stereocenters. The zero-order valence-corrected chi connectivity index (χ0v) is 13.0. The molecule has 0 amide bonds. The maximum Gasteiger partial charge on any atom is 0.264 e. The molecule has 1 saturated carbocycles. The zero-order valence-electron chi connectivity index (χ0n) is 12.2. The van der Waals surface area contributed by atoms with Crippen molar-refractivity contribution >= 4 is 16.0 Å². The summed E-state index contributed by atoms with van der Waals surface area (Å²) in [7, 11) is -2.09. The van der Waals surface area contributed by atoms with Crippen molar-refractivity contribution in [3.63, 3.8) is 0 Å². The number of rotatable bonds is 6. The Kier molecular flexibility index (Phi) is 4.08. The molecule has 0 bridgehead atoms. The van der Waals surface area contributed by atoms with Gasteiger partial charge in [-0.1, -0.05) is 12.1 Å². The Balaban J connectivity index is 1.79. The van der Waals surface area contributed by atoms with Gasteiger partial charge >= 0.3 is 0 Å². The second-order valence-corrected chi connectivity index (χ2v) is 6.94. The SMILES string of the molecule is COCc1ccc(S(=O)(=O)Nc2nccc(C3CC3)n2)cc1. The van der Waals surface area contributed by atoms with Gasteiger partial charge in [0.1, 0.15) is 0 Å². The average molecular weight is 319 g/mol. The molecule has 116 valence electrons. The molecule has 22 heavy (non-hydrogen) atoms. The van der Waals surface area contributed by atoms with Crippen LogP contribution in [0.4, 0.5) is 5.95 Å². The Bertz CT molecular complexity index is 756. The van der Waals surface area contributed by atoms with Crippen LogP contribution in [0.25, 0.3) is 0 Å². The van der Waals surface area contributed by atoms with E-state index in [0.29, 0.717) is 12.5 Å². The van der Waals surface area contributed by atoms with Crippen LogP contribution in [0.2, 0.25) is 0 Å². The van der Waals surface area contributed by atoms with E-state index in [9.17, 15) is 8.42 Å². The third kappa shape index (κ3) is 3.42. The van der Waals surface area contributed by atoms with Crippen LogP contribution in [0, 0.1) is 0 Å². The van der Waals surface area contributed by atoms with Crippen LogP contribution < -0.4 is 4.72 Å². The van der Waals surface area contributed by atoms with Crippen molar-refractivity contribution in [1.29, 1.82) is 0 Å². The number of ether oxygens (including phenoxy) is 1. The van der Waals surface area contributed by atoms with Gasteiger partial charge in [0.05, 0.1) is 11.5 Å². The first-order chi connectivity index (χ1) is 10.6. The van der Waals surface area contributed by atoms with Crippen LogP contribution in [0.5, 0.6) is 0 Å². The van der Waals surface area contributed by atoms with Crippen molar-refractivity contribution < 1.29 is 13.2 Å². The normalized spacial score (nSPS) is 14.8. The van der Waals surface area contributed by atoms with Crippen LogP contribution >= 0.6 is 0 Å². The maximum atomic E-state index is 12.3. The highest BCUT2D eigenvalue weighted by molar-refractivity contribution is 7.92. The fourth-order valence-corrected chi connectivity index (χ4v) is 3.09. The van der Waals surface area contributed by atoms with Gasteiger partial charge in [0, 0.05) is 24.9 Å². The molecule has 0 radical (unpaired) electrons. The number of sulfonamides is 1. The van der Waals surface area contributed by atoms with E-state index < -0.39 is 10.0 Å². The lowest BCUT2D eigenvalue weighted by molar-refractivity contribution is 0.185. The van der Waals surface area contributed by atoms with E-state index >= 15 is 0 Å². The maximum absolute atomic E-state index is 12.3. The Hall–Kier alpha value is -1.99. The Morgan fingerprint density at radius 2 is 1.95 bits per heavy atom. The third-order valence-electron chi connectivity index (χ3n) is 3.44. The largest absolute Gasteiger partial charge is 0.380 e. The molecule has 6 nitrogen and oxygen atoms in total. The molecule has 0 spiro atoms. The first kappa shape index (κ1) is 14.9. The number of nitrogens with one attached hydrogen (secondary N) is 1. The topological polar surface area (TPSA) is 81.2 Å². The first-order valence-electron chi connectivity index (χ1n) is 7.02. The fraction of sp³-hybridized carbons (Fsp3) is 0.333.